The van der Waals surface area contributed by atoms with E-state index in [4.69, 9.17) is 32.4 Å². The highest BCUT2D eigenvalue weighted by atomic mass is 35.5. The van der Waals surface area contributed by atoms with Crippen LogP contribution in [0.2, 0.25) is 28.2 Å². The molecule has 0 aliphatic rings. The second kappa shape index (κ2) is 10.2. The largest absolute Gasteiger partial charge is 0.481 e. The Labute approximate surface area is 186 Å². The zero-order valence-corrected chi connectivity index (χ0v) is 21.2. The minimum absolute atomic E-state index is 0.0679. The number of amides is 1. The van der Waals surface area contributed by atoms with Crippen molar-refractivity contribution >= 4 is 37.4 Å². The molecule has 0 aliphatic heterocycles. The first kappa shape index (κ1) is 25.8. The quantitative estimate of drug-likeness (QED) is 0.380. The fourth-order valence-corrected chi connectivity index (χ4v) is 3.94. The second-order valence-corrected chi connectivity index (χ2v) is 14.5. The van der Waals surface area contributed by atoms with Crippen molar-refractivity contribution in [3.05, 3.63) is 28.2 Å². The summed E-state index contributed by atoms with van der Waals surface area (Å²) in [7, 11) is -1.98. The highest BCUT2D eigenvalue weighted by Crippen LogP contribution is 2.37. The number of halogens is 2. The number of hydrogen-bond donors (Lipinski definition) is 1. The minimum atomic E-state index is -1.98. The van der Waals surface area contributed by atoms with Crippen molar-refractivity contribution in [2.45, 2.75) is 77.7 Å². The predicted octanol–water partition coefficient (Wildman–Crippen LogP) is 6.07. The van der Waals surface area contributed by atoms with Crippen LogP contribution in [0, 0.1) is 11.8 Å². The molecule has 2 atom stereocenters. The first-order valence-corrected chi connectivity index (χ1v) is 13.4. The molecule has 0 heterocycles. The Morgan fingerprint density at radius 3 is 2.17 bits per heavy atom. The maximum absolute atomic E-state index is 12.9. The molecule has 0 spiro atoms. The van der Waals surface area contributed by atoms with Crippen molar-refractivity contribution in [1.29, 1.82) is 0 Å². The van der Waals surface area contributed by atoms with Gasteiger partial charge in [-0.25, -0.2) is 0 Å². The third kappa shape index (κ3) is 7.86. The summed E-state index contributed by atoms with van der Waals surface area (Å²) in [6.45, 7) is 16.7. The Kier molecular flexibility index (Phi) is 9.10. The molecular weight excluding hydrogens is 425 g/mol. The van der Waals surface area contributed by atoms with Gasteiger partial charge in [0.15, 0.2) is 14.4 Å². The Bertz CT molecular complexity index is 760. The molecule has 1 aromatic carbocycles. The SMILES string of the molecule is CC#CC(C)(CO[Si](C)(C)C(C)(C)C)NC(=O)C(CC)Oc1cc(Cl)cc(Cl)c1. The summed E-state index contributed by atoms with van der Waals surface area (Å²) < 4.78 is 12.2. The van der Waals surface area contributed by atoms with Crippen molar-refractivity contribution in [3.63, 3.8) is 0 Å². The lowest BCUT2D eigenvalue weighted by atomic mass is 10.0. The summed E-state index contributed by atoms with van der Waals surface area (Å²) in [5, 5.41) is 3.98. The van der Waals surface area contributed by atoms with E-state index in [1.807, 2.05) is 13.8 Å². The van der Waals surface area contributed by atoms with E-state index in [-0.39, 0.29) is 10.9 Å². The van der Waals surface area contributed by atoms with Gasteiger partial charge in [-0.3, -0.25) is 4.79 Å². The van der Waals surface area contributed by atoms with E-state index >= 15 is 0 Å². The van der Waals surface area contributed by atoms with E-state index < -0.39 is 20.0 Å². The van der Waals surface area contributed by atoms with Crippen LogP contribution in [0.1, 0.15) is 48.0 Å². The van der Waals surface area contributed by atoms with E-state index in [0.717, 1.165) is 0 Å². The molecule has 0 aromatic heterocycles. The predicted molar refractivity (Wildman–Crippen MR) is 124 cm³/mol. The summed E-state index contributed by atoms with van der Waals surface area (Å²) in [5.41, 5.74) is -0.815. The van der Waals surface area contributed by atoms with E-state index in [1.165, 1.54) is 0 Å². The third-order valence-electron chi connectivity index (χ3n) is 5.11. The smallest absolute Gasteiger partial charge is 0.262 e. The van der Waals surface area contributed by atoms with E-state index in [1.54, 1.807) is 25.1 Å². The molecule has 1 rings (SSSR count). The van der Waals surface area contributed by atoms with Crippen molar-refractivity contribution in [2.75, 3.05) is 6.61 Å². The first-order chi connectivity index (χ1) is 13.2. The lowest BCUT2D eigenvalue weighted by Gasteiger charge is -2.39. The molecule has 0 saturated carbocycles. The summed E-state index contributed by atoms with van der Waals surface area (Å²) in [6, 6.07) is 4.88. The number of nitrogens with one attached hydrogen (secondary N) is 1. The highest BCUT2D eigenvalue weighted by molar-refractivity contribution is 6.74. The molecule has 29 heavy (non-hydrogen) atoms. The Balaban J connectivity index is 2.94. The Morgan fingerprint density at radius 2 is 1.72 bits per heavy atom. The van der Waals surface area contributed by atoms with E-state index in [9.17, 15) is 4.79 Å². The maximum atomic E-state index is 12.9. The van der Waals surface area contributed by atoms with Gasteiger partial charge >= 0.3 is 0 Å². The first-order valence-electron chi connectivity index (χ1n) is 9.75. The molecule has 0 fully saturated rings. The molecule has 1 N–H and O–H groups in total. The number of rotatable bonds is 8. The van der Waals surface area contributed by atoms with Crippen molar-refractivity contribution in [1.82, 2.24) is 5.32 Å². The summed E-state index contributed by atoms with van der Waals surface area (Å²) in [6.07, 6.45) is -0.218. The molecule has 0 radical (unpaired) electrons. The van der Waals surface area contributed by atoms with Gasteiger partial charge in [0.05, 0.1) is 6.61 Å². The monoisotopic (exact) mass is 457 g/mol. The average Bonchev–Trinajstić information content (AvgIpc) is 2.56. The van der Waals surface area contributed by atoms with Crippen LogP contribution < -0.4 is 10.1 Å². The number of benzene rings is 1. The zero-order valence-electron chi connectivity index (χ0n) is 18.7. The van der Waals surface area contributed by atoms with Gasteiger partial charge in [0.1, 0.15) is 11.3 Å². The van der Waals surface area contributed by atoms with Crippen molar-refractivity contribution < 1.29 is 14.0 Å². The molecular formula is C22H33Cl2NO3Si. The van der Waals surface area contributed by atoms with Crippen LogP contribution in [0.5, 0.6) is 5.75 Å². The second-order valence-electron chi connectivity index (χ2n) is 8.87. The van der Waals surface area contributed by atoms with Crippen LogP contribution >= 0.6 is 23.2 Å². The molecule has 162 valence electrons. The maximum Gasteiger partial charge on any atom is 0.262 e. The average molecular weight is 459 g/mol. The lowest BCUT2D eigenvalue weighted by molar-refractivity contribution is -0.129. The molecule has 0 aliphatic carbocycles. The molecule has 4 nitrogen and oxygen atoms in total. The van der Waals surface area contributed by atoms with Crippen molar-refractivity contribution in [3.8, 4) is 17.6 Å². The number of ether oxygens (including phenoxy) is 1. The van der Waals surface area contributed by atoms with Gasteiger partial charge in [-0.2, -0.15) is 0 Å². The van der Waals surface area contributed by atoms with Gasteiger partial charge < -0.3 is 14.5 Å². The van der Waals surface area contributed by atoms with Gasteiger partial charge in [0.25, 0.3) is 5.91 Å². The van der Waals surface area contributed by atoms with Crippen LogP contribution in [0.15, 0.2) is 18.2 Å². The highest BCUT2D eigenvalue weighted by Gasteiger charge is 2.39. The van der Waals surface area contributed by atoms with Crippen LogP contribution in [0.25, 0.3) is 0 Å². The molecule has 1 amide bonds. The number of carbonyl (C=O) groups is 1. The van der Waals surface area contributed by atoms with Gasteiger partial charge in [-0.05, 0) is 56.6 Å². The lowest BCUT2D eigenvalue weighted by Crippen LogP contribution is -2.55. The van der Waals surface area contributed by atoms with Crippen molar-refractivity contribution in [2.24, 2.45) is 0 Å². The van der Waals surface area contributed by atoms with Crippen LogP contribution in [0.4, 0.5) is 0 Å². The van der Waals surface area contributed by atoms with Gasteiger partial charge in [-0.1, -0.05) is 56.8 Å². The van der Waals surface area contributed by atoms with Crippen LogP contribution in [-0.4, -0.2) is 32.5 Å². The van der Waals surface area contributed by atoms with Gasteiger partial charge in [0.2, 0.25) is 0 Å². The molecule has 0 bridgehead atoms. The summed E-state index contributed by atoms with van der Waals surface area (Å²) in [5.74, 6) is 6.19. The Hall–Kier alpha value is -1.19. The van der Waals surface area contributed by atoms with Gasteiger partial charge in [-0.15, -0.1) is 5.92 Å². The standard InChI is InChI=1S/C22H33Cl2NO3Si/c1-9-11-22(6,15-27-29(7,8)21(3,4)5)25-20(26)19(10-2)28-18-13-16(23)12-17(24)14-18/h12-14,19H,10,15H2,1-8H3,(H,25,26). The molecule has 7 heteroatoms. The summed E-state index contributed by atoms with van der Waals surface area (Å²) >= 11 is 12.1. The number of carbonyl (C=O) groups excluding carboxylic acids is 1. The zero-order chi connectivity index (χ0) is 22.5. The van der Waals surface area contributed by atoms with E-state index in [0.29, 0.717) is 28.8 Å². The van der Waals surface area contributed by atoms with Gasteiger partial charge in [0, 0.05) is 10.0 Å². The fraction of sp³-hybridized carbons (Fsp3) is 0.591. The Morgan fingerprint density at radius 1 is 1.17 bits per heavy atom. The molecule has 1 aromatic rings. The molecule has 2 unspecified atom stereocenters. The molecule has 0 saturated heterocycles. The summed E-state index contributed by atoms with van der Waals surface area (Å²) in [4.78, 5) is 12.9. The fourth-order valence-electron chi connectivity index (χ4n) is 2.36. The third-order valence-corrected chi connectivity index (χ3v) is 10.0. The number of hydrogen-bond acceptors (Lipinski definition) is 3. The normalized spacial score (nSPS) is 15.0. The van der Waals surface area contributed by atoms with Crippen LogP contribution in [-0.2, 0) is 9.22 Å². The topological polar surface area (TPSA) is 47.6 Å². The van der Waals surface area contributed by atoms with Crippen LogP contribution in [0.3, 0.4) is 0 Å². The minimum Gasteiger partial charge on any atom is -0.481 e. The van der Waals surface area contributed by atoms with E-state index in [2.05, 4.69) is 51.0 Å².